The lowest BCUT2D eigenvalue weighted by Crippen LogP contribution is -2.36. The van der Waals surface area contributed by atoms with Crippen molar-refractivity contribution >= 4 is 33.5 Å². The Kier molecular flexibility index (Phi) is 6.77. The number of carbonyl (C=O) groups excluding carboxylic acids is 1. The first-order chi connectivity index (χ1) is 16.2. The van der Waals surface area contributed by atoms with Crippen molar-refractivity contribution in [2.24, 2.45) is 0 Å². The third-order valence-corrected chi connectivity index (χ3v) is 6.32. The van der Waals surface area contributed by atoms with Gasteiger partial charge >= 0.3 is 18.3 Å². The van der Waals surface area contributed by atoms with Gasteiger partial charge in [-0.15, -0.1) is 21.5 Å². The number of alkyl halides is 3. The number of rotatable bonds is 7. The number of nitrogens with one attached hydrogen (secondary N) is 1. The average molecular weight is 500 g/mol. The van der Waals surface area contributed by atoms with Crippen LogP contribution in [0.4, 0.5) is 23.8 Å². The molecular weight excluding hydrogens is 475 g/mol. The van der Waals surface area contributed by atoms with Gasteiger partial charge < -0.3 is 24.3 Å². The number of alkyl carbamates (subject to hydrolysis) is 1. The number of hydrogen-bond donors (Lipinski definition) is 1. The minimum absolute atomic E-state index is 0.0737. The van der Waals surface area contributed by atoms with Gasteiger partial charge in [-0.3, -0.25) is 0 Å². The Morgan fingerprint density at radius 2 is 2.09 bits per heavy atom. The van der Waals surface area contributed by atoms with Crippen LogP contribution in [0.3, 0.4) is 0 Å². The van der Waals surface area contributed by atoms with E-state index in [2.05, 4.69) is 37.1 Å². The number of anilines is 1. The maximum atomic E-state index is 13.2. The number of carbonyl (C=O) groups is 1. The molecule has 1 atom stereocenters. The third-order valence-electron chi connectivity index (χ3n) is 5.23. The molecule has 0 aromatic carbocycles. The number of hydrogen-bond acceptors (Lipinski definition) is 9. The first-order valence-electron chi connectivity index (χ1n) is 10.7. The minimum atomic E-state index is -4.56. The van der Waals surface area contributed by atoms with E-state index in [1.807, 2.05) is 11.0 Å². The van der Waals surface area contributed by atoms with Crippen LogP contribution in [-0.4, -0.2) is 57.1 Å². The molecule has 0 saturated carbocycles. The largest absolute Gasteiger partial charge is 0.458 e. The Bertz CT molecular complexity index is 1180. The molecule has 1 amide bonds. The maximum absolute atomic E-state index is 13.2. The smallest absolute Gasteiger partial charge is 0.451 e. The summed E-state index contributed by atoms with van der Waals surface area (Å²) in [6.07, 6.45) is -3.75. The molecular formula is C20H24F3N7O3S. The first kappa shape index (κ1) is 24.0. The van der Waals surface area contributed by atoms with Gasteiger partial charge in [-0.1, -0.05) is 13.3 Å². The highest BCUT2D eigenvalue weighted by molar-refractivity contribution is 7.18. The van der Waals surface area contributed by atoms with E-state index in [1.165, 1.54) is 18.4 Å². The Labute approximate surface area is 197 Å². The van der Waals surface area contributed by atoms with Crippen molar-refractivity contribution in [2.75, 3.05) is 25.1 Å². The minimum Gasteiger partial charge on any atom is -0.458 e. The van der Waals surface area contributed by atoms with Crippen molar-refractivity contribution in [3.05, 3.63) is 22.6 Å². The highest BCUT2D eigenvalue weighted by Crippen LogP contribution is 2.36. The Balaban J connectivity index is 1.64. The van der Waals surface area contributed by atoms with Gasteiger partial charge in [-0.2, -0.15) is 23.1 Å². The summed E-state index contributed by atoms with van der Waals surface area (Å²) in [7, 11) is 1.27. The zero-order valence-corrected chi connectivity index (χ0v) is 19.7. The first-order valence-corrected chi connectivity index (χ1v) is 11.5. The molecule has 3 aromatic rings. The molecule has 4 rings (SSSR count). The number of thiophene rings is 1. The van der Waals surface area contributed by atoms with Crippen LogP contribution in [0, 0.1) is 0 Å². The van der Waals surface area contributed by atoms with E-state index in [-0.39, 0.29) is 38.0 Å². The summed E-state index contributed by atoms with van der Waals surface area (Å²) in [5.41, 5.74) is 0. The molecule has 1 N–H and O–H groups in total. The van der Waals surface area contributed by atoms with Gasteiger partial charge in [0.2, 0.25) is 5.82 Å². The molecule has 10 nitrogen and oxygen atoms in total. The lowest BCUT2D eigenvalue weighted by Gasteiger charge is -2.29. The molecule has 0 bridgehead atoms. The number of halogens is 3. The normalized spacial score (nSPS) is 14.7. The molecule has 14 heteroatoms. The fraction of sp³-hybridized carbons (Fsp3) is 0.550. The molecule has 184 valence electrons. The summed E-state index contributed by atoms with van der Waals surface area (Å²) in [6, 6.07) is 2.14. The van der Waals surface area contributed by atoms with E-state index in [9.17, 15) is 18.0 Å². The van der Waals surface area contributed by atoms with E-state index in [0.717, 1.165) is 32.5 Å². The topological polar surface area (TPSA) is 107 Å². The number of amides is 1. The van der Waals surface area contributed by atoms with E-state index in [1.54, 1.807) is 6.92 Å². The second-order valence-electron chi connectivity index (χ2n) is 7.82. The van der Waals surface area contributed by atoms with Gasteiger partial charge in [0.1, 0.15) is 16.8 Å². The second-order valence-corrected chi connectivity index (χ2v) is 8.94. The average Bonchev–Trinajstić information content (AvgIpc) is 3.40. The zero-order chi connectivity index (χ0) is 24.5. The number of methoxy groups -OCH3 is 1. The van der Waals surface area contributed by atoms with Gasteiger partial charge in [-0.05, 0) is 19.4 Å². The van der Waals surface area contributed by atoms with Crippen LogP contribution < -0.4 is 15.0 Å². The molecule has 1 unspecified atom stereocenters. The van der Waals surface area contributed by atoms with Gasteiger partial charge in [0, 0.05) is 18.0 Å². The molecule has 34 heavy (non-hydrogen) atoms. The maximum Gasteiger partial charge on any atom is 0.451 e. The van der Waals surface area contributed by atoms with Crippen LogP contribution in [0.25, 0.3) is 10.2 Å². The Hall–Kier alpha value is -3.16. The predicted molar refractivity (Wildman–Crippen MR) is 118 cm³/mol. The third kappa shape index (κ3) is 5.00. The van der Waals surface area contributed by atoms with Crippen molar-refractivity contribution in [3.8, 4) is 6.01 Å². The van der Waals surface area contributed by atoms with E-state index < -0.39 is 24.2 Å². The molecule has 0 spiro atoms. The number of aromatic nitrogens is 5. The van der Waals surface area contributed by atoms with Crippen LogP contribution in [0.2, 0.25) is 0 Å². The molecule has 1 aliphatic rings. The number of aryl methyl sites for hydroxylation is 1. The van der Waals surface area contributed by atoms with Crippen LogP contribution in [0.15, 0.2) is 6.07 Å². The SMILES string of the molecule is CCCc1cc2c(N3CCn4c(nnc4C(F)(F)F)C3)nc(OC(C)CNC(=O)OC)nc2s1. The van der Waals surface area contributed by atoms with Crippen molar-refractivity contribution in [1.82, 2.24) is 30.0 Å². The molecule has 1 aliphatic heterocycles. The number of nitrogens with zero attached hydrogens (tertiary/aromatic N) is 6. The molecule has 3 aromatic heterocycles. The second kappa shape index (κ2) is 9.60. The van der Waals surface area contributed by atoms with E-state index >= 15 is 0 Å². The van der Waals surface area contributed by atoms with E-state index in [4.69, 9.17) is 4.74 Å². The standard InChI is InChI=1S/C20H24F3N7O3S/c1-4-5-12-8-13-15(29-6-7-30-14(10-29)27-28-17(30)20(21,22)23)25-18(26-16(13)34-12)33-11(2)9-24-19(31)32-3/h8,11H,4-7,9-10H2,1-3H3,(H,24,31). The van der Waals surface area contributed by atoms with Crippen LogP contribution in [0.1, 0.15) is 36.8 Å². The van der Waals surface area contributed by atoms with Gasteiger partial charge in [0.15, 0.2) is 5.82 Å². The highest BCUT2D eigenvalue weighted by Gasteiger charge is 2.39. The van der Waals surface area contributed by atoms with Crippen molar-refractivity contribution in [2.45, 2.75) is 52.1 Å². The van der Waals surface area contributed by atoms with Gasteiger partial charge in [-0.25, -0.2) is 4.79 Å². The summed E-state index contributed by atoms with van der Waals surface area (Å²) in [6.45, 7) is 4.50. The summed E-state index contributed by atoms with van der Waals surface area (Å²) in [5, 5.41) is 10.5. The Morgan fingerprint density at radius 1 is 1.29 bits per heavy atom. The summed E-state index contributed by atoms with van der Waals surface area (Å²) < 4.78 is 51.1. The lowest BCUT2D eigenvalue weighted by atomic mass is 10.2. The van der Waals surface area contributed by atoms with Gasteiger partial charge in [0.25, 0.3) is 0 Å². The predicted octanol–water partition coefficient (Wildman–Crippen LogP) is 3.40. The van der Waals surface area contributed by atoms with Crippen molar-refractivity contribution in [1.29, 1.82) is 0 Å². The molecule has 0 fully saturated rings. The lowest BCUT2D eigenvalue weighted by molar-refractivity contribution is -0.147. The number of fused-ring (bicyclic) bond motifs is 2. The number of ether oxygens (including phenoxy) is 2. The fourth-order valence-electron chi connectivity index (χ4n) is 3.67. The van der Waals surface area contributed by atoms with Crippen LogP contribution in [0.5, 0.6) is 6.01 Å². The molecule has 0 saturated heterocycles. The quantitative estimate of drug-likeness (QED) is 0.527. The Morgan fingerprint density at radius 3 is 2.79 bits per heavy atom. The van der Waals surface area contributed by atoms with Crippen molar-refractivity contribution < 1.29 is 27.4 Å². The summed E-state index contributed by atoms with van der Waals surface area (Å²) in [5.74, 6) is -0.214. The molecule has 0 radical (unpaired) electrons. The fourth-order valence-corrected chi connectivity index (χ4v) is 4.78. The molecule has 4 heterocycles. The summed E-state index contributed by atoms with van der Waals surface area (Å²) >= 11 is 1.53. The van der Waals surface area contributed by atoms with Crippen LogP contribution in [-0.2, 0) is 30.4 Å². The monoisotopic (exact) mass is 499 g/mol. The summed E-state index contributed by atoms with van der Waals surface area (Å²) in [4.78, 5) is 24.2. The van der Waals surface area contributed by atoms with E-state index in [0.29, 0.717) is 5.82 Å². The van der Waals surface area contributed by atoms with Crippen molar-refractivity contribution in [3.63, 3.8) is 0 Å². The van der Waals surface area contributed by atoms with Gasteiger partial charge in [0.05, 0.1) is 25.6 Å². The highest BCUT2D eigenvalue weighted by atomic mass is 32.1. The zero-order valence-electron chi connectivity index (χ0n) is 18.8. The molecule has 0 aliphatic carbocycles. The van der Waals surface area contributed by atoms with Crippen LogP contribution >= 0.6 is 11.3 Å².